The Bertz CT molecular complexity index is 498. The van der Waals surface area contributed by atoms with Gasteiger partial charge in [-0.15, -0.1) is 11.6 Å². The van der Waals surface area contributed by atoms with Crippen molar-refractivity contribution >= 4 is 21.6 Å². The lowest BCUT2D eigenvalue weighted by Crippen LogP contribution is -2.45. The van der Waals surface area contributed by atoms with E-state index in [-0.39, 0.29) is 17.2 Å². The topological polar surface area (TPSA) is 59.1 Å². The highest BCUT2D eigenvalue weighted by atomic mass is 35.5. The van der Waals surface area contributed by atoms with Crippen molar-refractivity contribution < 1.29 is 8.42 Å². The molecule has 0 spiro atoms. The number of nitrogens with one attached hydrogen (secondary N) is 1. The summed E-state index contributed by atoms with van der Waals surface area (Å²) in [6, 6.07) is 5.34. The average Bonchev–Trinajstić information content (AvgIpc) is 2.36. The fraction of sp³-hybridized carbons (Fsp3) is 0.643. The summed E-state index contributed by atoms with van der Waals surface area (Å²) in [7, 11) is -3.33. The van der Waals surface area contributed by atoms with Crippen LogP contribution in [-0.4, -0.2) is 31.1 Å². The minimum Gasteiger partial charge on any atom is -0.261 e. The first-order valence-electron chi connectivity index (χ1n) is 6.70. The van der Waals surface area contributed by atoms with E-state index in [0.717, 1.165) is 5.69 Å². The van der Waals surface area contributed by atoms with Crippen molar-refractivity contribution in [3.63, 3.8) is 0 Å². The van der Waals surface area contributed by atoms with Crippen molar-refractivity contribution in [2.24, 2.45) is 5.41 Å². The van der Waals surface area contributed by atoms with Gasteiger partial charge < -0.3 is 0 Å². The number of sulfonamides is 1. The SMILES string of the molecule is CC(C)(C)C(CCCl)NS(=O)(=O)CCc1ccccn1. The normalized spacial score (nSPS) is 14.2. The van der Waals surface area contributed by atoms with Crippen molar-refractivity contribution in [3.05, 3.63) is 30.1 Å². The van der Waals surface area contributed by atoms with Gasteiger partial charge in [-0.3, -0.25) is 4.98 Å². The molecule has 0 aliphatic rings. The second-order valence-corrected chi connectivity index (χ2v) is 8.16. The van der Waals surface area contributed by atoms with Gasteiger partial charge in [0.2, 0.25) is 10.0 Å². The van der Waals surface area contributed by atoms with Gasteiger partial charge in [0.05, 0.1) is 5.75 Å². The van der Waals surface area contributed by atoms with E-state index in [4.69, 9.17) is 11.6 Å². The predicted molar refractivity (Wildman–Crippen MR) is 83.4 cm³/mol. The smallest absolute Gasteiger partial charge is 0.212 e. The minimum absolute atomic E-state index is 0.0406. The number of aryl methyl sites for hydroxylation is 1. The number of hydrogen-bond donors (Lipinski definition) is 1. The van der Waals surface area contributed by atoms with Crippen molar-refractivity contribution in [1.29, 1.82) is 0 Å². The van der Waals surface area contributed by atoms with Gasteiger partial charge in [0, 0.05) is 30.2 Å². The van der Waals surface area contributed by atoms with Gasteiger partial charge >= 0.3 is 0 Å². The quantitative estimate of drug-likeness (QED) is 0.786. The Kier molecular flexibility index (Phi) is 6.43. The number of alkyl halides is 1. The Morgan fingerprint density at radius 1 is 1.35 bits per heavy atom. The van der Waals surface area contributed by atoms with Crippen molar-refractivity contribution in [2.45, 2.75) is 39.7 Å². The van der Waals surface area contributed by atoms with Crippen LogP contribution in [-0.2, 0) is 16.4 Å². The molecule has 4 nitrogen and oxygen atoms in total. The van der Waals surface area contributed by atoms with Crippen LogP contribution in [0.1, 0.15) is 32.9 Å². The lowest BCUT2D eigenvalue weighted by Gasteiger charge is -2.30. The van der Waals surface area contributed by atoms with Crippen LogP contribution in [0.15, 0.2) is 24.4 Å². The highest BCUT2D eigenvalue weighted by Crippen LogP contribution is 2.23. The van der Waals surface area contributed by atoms with Crippen LogP contribution in [0.25, 0.3) is 0 Å². The van der Waals surface area contributed by atoms with Crippen molar-refractivity contribution in [1.82, 2.24) is 9.71 Å². The molecule has 1 heterocycles. The summed E-state index contributed by atoms with van der Waals surface area (Å²) < 4.78 is 27.1. The maximum absolute atomic E-state index is 12.2. The number of halogens is 1. The highest BCUT2D eigenvalue weighted by molar-refractivity contribution is 7.89. The first-order chi connectivity index (χ1) is 9.24. The van der Waals surface area contributed by atoms with E-state index >= 15 is 0 Å². The molecule has 0 aromatic carbocycles. The average molecular weight is 319 g/mol. The fourth-order valence-corrected chi connectivity index (χ4v) is 3.56. The molecule has 1 atom stereocenters. The number of pyridine rings is 1. The molecular formula is C14H23ClN2O2S. The highest BCUT2D eigenvalue weighted by Gasteiger charge is 2.28. The number of rotatable bonds is 7. The van der Waals surface area contributed by atoms with Crippen LogP contribution in [0.3, 0.4) is 0 Å². The second kappa shape index (κ2) is 7.38. The molecule has 0 fully saturated rings. The molecule has 1 aromatic rings. The summed E-state index contributed by atoms with van der Waals surface area (Å²) in [6.07, 6.45) is 2.70. The third-order valence-electron chi connectivity index (χ3n) is 3.12. The van der Waals surface area contributed by atoms with Crippen LogP contribution >= 0.6 is 11.6 Å². The molecule has 0 aliphatic carbocycles. The van der Waals surface area contributed by atoms with Crippen molar-refractivity contribution in [2.75, 3.05) is 11.6 Å². The zero-order valence-corrected chi connectivity index (χ0v) is 13.8. The number of hydrogen-bond acceptors (Lipinski definition) is 3. The maximum atomic E-state index is 12.2. The van der Waals surface area contributed by atoms with Crippen LogP contribution in [0.5, 0.6) is 0 Å². The number of nitrogens with zero attached hydrogens (tertiary/aromatic N) is 1. The Morgan fingerprint density at radius 3 is 2.55 bits per heavy atom. The molecule has 0 radical (unpaired) electrons. The zero-order valence-electron chi connectivity index (χ0n) is 12.3. The molecule has 1 unspecified atom stereocenters. The van der Waals surface area contributed by atoms with E-state index in [9.17, 15) is 8.42 Å². The van der Waals surface area contributed by atoms with Gasteiger partial charge in [0.15, 0.2) is 0 Å². The van der Waals surface area contributed by atoms with E-state index in [1.165, 1.54) is 0 Å². The summed E-state index contributed by atoms with van der Waals surface area (Å²) in [5.41, 5.74) is 0.620. The molecule has 0 bridgehead atoms. The standard InChI is InChI=1S/C14H23ClN2O2S/c1-14(2,3)13(7-9-15)17-20(18,19)11-8-12-6-4-5-10-16-12/h4-6,10,13,17H,7-9,11H2,1-3H3. The monoisotopic (exact) mass is 318 g/mol. The molecule has 1 aromatic heterocycles. The van der Waals surface area contributed by atoms with Gasteiger partial charge in [-0.05, 0) is 24.0 Å². The Labute approximate surface area is 127 Å². The number of aromatic nitrogens is 1. The minimum atomic E-state index is -3.33. The van der Waals surface area contributed by atoms with E-state index < -0.39 is 10.0 Å². The molecule has 6 heteroatoms. The fourth-order valence-electron chi connectivity index (χ4n) is 1.84. The van der Waals surface area contributed by atoms with Crippen LogP contribution in [0.4, 0.5) is 0 Å². The largest absolute Gasteiger partial charge is 0.261 e. The Hall–Kier alpha value is -0.650. The van der Waals surface area contributed by atoms with E-state index in [1.807, 2.05) is 39.0 Å². The summed E-state index contributed by atoms with van der Waals surface area (Å²) >= 11 is 5.76. The van der Waals surface area contributed by atoms with Crippen LogP contribution < -0.4 is 4.72 Å². The lowest BCUT2D eigenvalue weighted by molar-refractivity contribution is 0.292. The first kappa shape index (κ1) is 17.4. The van der Waals surface area contributed by atoms with Gasteiger partial charge in [-0.2, -0.15) is 0 Å². The summed E-state index contributed by atoms with van der Waals surface area (Å²) in [6.45, 7) is 6.02. The summed E-state index contributed by atoms with van der Waals surface area (Å²) in [5.74, 6) is 0.476. The molecule has 20 heavy (non-hydrogen) atoms. The third-order valence-corrected chi connectivity index (χ3v) is 4.72. The van der Waals surface area contributed by atoms with E-state index in [0.29, 0.717) is 18.7 Å². The maximum Gasteiger partial charge on any atom is 0.212 e. The Morgan fingerprint density at radius 2 is 2.05 bits per heavy atom. The molecule has 0 saturated heterocycles. The van der Waals surface area contributed by atoms with E-state index in [1.54, 1.807) is 6.20 Å². The van der Waals surface area contributed by atoms with E-state index in [2.05, 4.69) is 9.71 Å². The van der Waals surface area contributed by atoms with Gasteiger partial charge in [-0.25, -0.2) is 13.1 Å². The molecule has 1 N–H and O–H groups in total. The molecule has 1 rings (SSSR count). The Balaban J connectivity index is 2.64. The zero-order chi connectivity index (χ0) is 15.2. The summed E-state index contributed by atoms with van der Waals surface area (Å²) in [5, 5.41) is 0. The first-order valence-corrected chi connectivity index (χ1v) is 8.89. The lowest BCUT2D eigenvalue weighted by atomic mass is 9.86. The van der Waals surface area contributed by atoms with Gasteiger partial charge in [-0.1, -0.05) is 26.8 Å². The third kappa shape index (κ3) is 6.20. The van der Waals surface area contributed by atoms with Crippen molar-refractivity contribution in [3.8, 4) is 0 Å². The summed E-state index contributed by atoms with van der Waals surface area (Å²) in [4.78, 5) is 4.13. The van der Waals surface area contributed by atoms with Crippen LogP contribution in [0.2, 0.25) is 0 Å². The second-order valence-electron chi connectivity index (χ2n) is 5.90. The van der Waals surface area contributed by atoms with Gasteiger partial charge in [0.1, 0.15) is 0 Å². The molecule has 0 saturated carbocycles. The van der Waals surface area contributed by atoms with Crippen LogP contribution in [0, 0.1) is 5.41 Å². The molecule has 0 aliphatic heterocycles. The molecular weight excluding hydrogens is 296 g/mol. The predicted octanol–water partition coefficient (Wildman–Crippen LogP) is 2.59. The molecule has 0 amide bonds. The molecule has 114 valence electrons. The van der Waals surface area contributed by atoms with Gasteiger partial charge in [0.25, 0.3) is 0 Å².